The van der Waals surface area contributed by atoms with Gasteiger partial charge in [-0.2, -0.15) is 10.4 Å². The first-order valence-electron chi connectivity index (χ1n) is 5.71. The molecule has 1 heterocycles. The van der Waals surface area contributed by atoms with E-state index in [1.165, 1.54) is 12.1 Å². The monoisotopic (exact) mass is 257 g/mol. The fourth-order valence-electron chi connectivity index (χ4n) is 1.58. The molecule has 0 N–H and O–H groups in total. The van der Waals surface area contributed by atoms with E-state index in [2.05, 4.69) is 10.2 Å². The molecule has 0 fully saturated rings. The lowest BCUT2D eigenvalue weighted by Gasteiger charge is -2.09. The molecule has 5 heteroatoms. The predicted octanol–water partition coefficient (Wildman–Crippen LogP) is 3.20. The van der Waals surface area contributed by atoms with Gasteiger partial charge >= 0.3 is 0 Å². The molecule has 0 aliphatic carbocycles. The molecule has 0 radical (unpaired) electrons. The molecule has 0 atom stereocenters. The summed E-state index contributed by atoms with van der Waals surface area (Å²) in [5.41, 5.74) is 2.22. The maximum Gasteiger partial charge on any atom is 0.257 e. The summed E-state index contributed by atoms with van der Waals surface area (Å²) >= 11 is 0. The number of aryl methyl sites for hydroxylation is 2. The molecule has 0 amide bonds. The summed E-state index contributed by atoms with van der Waals surface area (Å²) in [5.74, 6) is 0.253. The molecular formula is C14H12FN3O. The highest BCUT2D eigenvalue weighted by Crippen LogP contribution is 2.26. The van der Waals surface area contributed by atoms with E-state index in [0.717, 1.165) is 5.56 Å². The van der Waals surface area contributed by atoms with E-state index in [0.29, 0.717) is 22.6 Å². The number of hydrogen-bond acceptors (Lipinski definition) is 4. The number of nitrogens with zero attached hydrogens (tertiary/aromatic N) is 3. The lowest BCUT2D eigenvalue weighted by molar-refractivity contribution is 0.449. The van der Waals surface area contributed by atoms with Gasteiger partial charge in [0.2, 0.25) is 0 Å². The van der Waals surface area contributed by atoms with Crippen LogP contribution in [0.1, 0.15) is 22.4 Å². The normalized spacial score (nSPS) is 10.1. The molecule has 19 heavy (non-hydrogen) atoms. The lowest BCUT2D eigenvalue weighted by atomic mass is 10.1. The zero-order valence-electron chi connectivity index (χ0n) is 10.9. The van der Waals surface area contributed by atoms with Gasteiger partial charge < -0.3 is 4.74 Å². The first-order valence-corrected chi connectivity index (χ1v) is 5.71. The smallest absolute Gasteiger partial charge is 0.257 e. The van der Waals surface area contributed by atoms with Gasteiger partial charge in [0.05, 0.1) is 5.69 Å². The van der Waals surface area contributed by atoms with Crippen LogP contribution >= 0.6 is 0 Å². The molecule has 0 aliphatic rings. The first kappa shape index (κ1) is 13.0. The minimum absolute atomic E-state index is 0.136. The number of halogens is 1. The van der Waals surface area contributed by atoms with Gasteiger partial charge in [-0.15, -0.1) is 5.10 Å². The van der Waals surface area contributed by atoms with Crippen LogP contribution in [0, 0.1) is 37.9 Å². The van der Waals surface area contributed by atoms with E-state index in [4.69, 9.17) is 10.00 Å². The Balaban J connectivity index is 2.41. The van der Waals surface area contributed by atoms with Crippen molar-refractivity contribution < 1.29 is 9.13 Å². The average molecular weight is 257 g/mol. The van der Waals surface area contributed by atoms with Gasteiger partial charge in [-0.3, -0.25) is 0 Å². The molecule has 1 aromatic heterocycles. The van der Waals surface area contributed by atoms with E-state index in [9.17, 15) is 4.39 Å². The van der Waals surface area contributed by atoms with Crippen molar-refractivity contribution in [3.8, 4) is 17.7 Å². The van der Waals surface area contributed by atoms with Crippen molar-refractivity contribution in [3.05, 3.63) is 46.4 Å². The summed E-state index contributed by atoms with van der Waals surface area (Å²) in [6.45, 7) is 5.19. The molecule has 96 valence electrons. The molecule has 0 saturated carbocycles. The zero-order valence-corrected chi connectivity index (χ0v) is 10.9. The number of hydrogen-bond donors (Lipinski definition) is 0. The first-order chi connectivity index (χ1) is 9.02. The molecule has 0 spiro atoms. The van der Waals surface area contributed by atoms with Crippen LogP contribution in [0.4, 0.5) is 4.39 Å². The van der Waals surface area contributed by atoms with Crippen LogP contribution in [-0.4, -0.2) is 10.2 Å². The standard InChI is InChI=1S/C14H12FN3O/c1-8-6-11(4-5-13(8)15)19-14-12(7-16)9(2)10(3)17-18-14/h4-6H,1-3H3. The number of benzene rings is 1. The summed E-state index contributed by atoms with van der Waals surface area (Å²) in [6, 6.07) is 6.40. The second-order valence-electron chi connectivity index (χ2n) is 4.22. The maximum atomic E-state index is 13.2. The van der Waals surface area contributed by atoms with Crippen molar-refractivity contribution in [2.45, 2.75) is 20.8 Å². The molecule has 0 bridgehead atoms. The summed E-state index contributed by atoms with van der Waals surface area (Å²) < 4.78 is 18.7. The topological polar surface area (TPSA) is 58.8 Å². The van der Waals surface area contributed by atoms with Crippen LogP contribution in [0.2, 0.25) is 0 Å². The predicted molar refractivity (Wildman–Crippen MR) is 67.4 cm³/mol. The van der Waals surface area contributed by atoms with E-state index in [-0.39, 0.29) is 11.7 Å². The lowest BCUT2D eigenvalue weighted by Crippen LogP contribution is -2.00. The minimum atomic E-state index is -0.306. The Morgan fingerprint density at radius 2 is 1.95 bits per heavy atom. The molecule has 2 rings (SSSR count). The number of nitriles is 1. The molecule has 0 saturated heterocycles. The zero-order chi connectivity index (χ0) is 14.0. The van der Waals surface area contributed by atoms with Crippen LogP contribution in [-0.2, 0) is 0 Å². The van der Waals surface area contributed by atoms with E-state index in [1.54, 1.807) is 26.8 Å². The number of rotatable bonds is 2. The Labute approximate surface area is 110 Å². The summed E-state index contributed by atoms with van der Waals surface area (Å²) in [4.78, 5) is 0. The fraction of sp³-hybridized carbons (Fsp3) is 0.214. The van der Waals surface area contributed by atoms with Gasteiger partial charge in [-0.1, -0.05) is 0 Å². The molecule has 2 aromatic rings. The Bertz CT molecular complexity index is 677. The van der Waals surface area contributed by atoms with Crippen molar-refractivity contribution >= 4 is 0 Å². The van der Waals surface area contributed by atoms with Crippen molar-refractivity contribution in [1.29, 1.82) is 5.26 Å². The van der Waals surface area contributed by atoms with Crippen LogP contribution in [0.3, 0.4) is 0 Å². The van der Waals surface area contributed by atoms with Crippen molar-refractivity contribution in [3.63, 3.8) is 0 Å². The molecule has 0 unspecified atom stereocenters. The van der Waals surface area contributed by atoms with E-state index >= 15 is 0 Å². The molecule has 1 aromatic carbocycles. The fourth-order valence-corrected chi connectivity index (χ4v) is 1.58. The minimum Gasteiger partial charge on any atom is -0.437 e. The third kappa shape index (κ3) is 2.52. The summed E-state index contributed by atoms with van der Waals surface area (Å²) in [7, 11) is 0. The van der Waals surface area contributed by atoms with Gasteiger partial charge in [0.15, 0.2) is 0 Å². The molecule has 0 aliphatic heterocycles. The van der Waals surface area contributed by atoms with Crippen LogP contribution < -0.4 is 4.74 Å². The highest BCUT2D eigenvalue weighted by molar-refractivity contribution is 5.46. The van der Waals surface area contributed by atoms with Crippen molar-refractivity contribution in [2.24, 2.45) is 0 Å². The van der Waals surface area contributed by atoms with E-state index in [1.807, 2.05) is 6.07 Å². The maximum absolute atomic E-state index is 13.2. The summed E-state index contributed by atoms with van der Waals surface area (Å²) in [5, 5.41) is 16.9. The Morgan fingerprint density at radius 1 is 1.21 bits per heavy atom. The third-order valence-corrected chi connectivity index (χ3v) is 2.88. The quantitative estimate of drug-likeness (QED) is 0.828. The average Bonchev–Trinajstić information content (AvgIpc) is 2.39. The van der Waals surface area contributed by atoms with Crippen LogP contribution in [0.5, 0.6) is 11.6 Å². The Hall–Kier alpha value is -2.48. The van der Waals surface area contributed by atoms with Gasteiger partial charge in [-0.25, -0.2) is 4.39 Å². The second kappa shape index (κ2) is 5.02. The number of ether oxygens (including phenoxy) is 1. The molecule has 4 nitrogen and oxygen atoms in total. The summed E-state index contributed by atoms with van der Waals surface area (Å²) in [6.07, 6.45) is 0. The van der Waals surface area contributed by atoms with Gasteiger partial charge in [-0.05, 0) is 50.1 Å². The van der Waals surface area contributed by atoms with Gasteiger partial charge in [0, 0.05) is 0 Å². The Morgan fingerprint density at radius 3 is 2.58 bits per heavy atom. The number of aromatic nitrogens is 2. The SMILES string of the molecule is Cc1cc(Oc2nnc(C)c(C)c2C#N)ccc1F. The van der Waals surface area contributed by atoms with Gasteiger partial charge in [0.1, 0.15) is 23.2 Å². The van der Waals surface area contributed by atoms with Crippen LogP contribution in [0.25, 0.3) is 0 Å². The third-order valence-electron chi connectivity index (χ3n) is 2.88. The van der Waals surface area contributed by atoms with Crippen LogP contribution in [0.15, 0.2) is 18.2 Å². The largest absolute Gasteiger partial charge is 0.437 e. The second-order valence-corrected chi connectivity index (χ2v) is 4.22. The van der Waals surface area contributed by atoms with Crippen molar-refractivity contribution in [2.75, 3.05) is 0 Å². The highest BCUT2D eigenvalue weighted by Gasteiger charge is 2.13. The Kier molecular flexibility index (Phi) is 3.43. The van der Waals surface area contributed by atoms with Gasteiger partial charge in [0.25, 0.3) is 5.88 Å². The highest BCUT2D eigenvalue weighted by atomic mass is 19.1. The van der Waals surface area contributed by atoms with Crippen molar-refractivity contribution in [1.82, 2.24) is 10.2 Å². The molecular weight excluding hydrogens is 245 g/mol. The van der Waals surface area contributed by atoms with E-state index < -0.39 is 0 Å².